The fourth-order valence-corrected chi connectivity index (χ4v) is 4.46. The molecule has 0 aliphatic heterocycles. The summed E-state index contributed by atoms with van der Waals surface area (Å²) in [6, 6.07) is 2.46. The predicted molar refractivity (Wildman–Crippen MR) is 92.3 cm³/mol. The first-order valence-corrected chi connectivity index (χ1v) is 9.15. The van der Waals surface area contributed by atoms with Gasteiger partial charge in [0.2, 0.25) is 0 Å². The number of hydrogen-bond donors (Lipinski definition) is 2. The molecule has 0 atom stereocenters. The highest BCUT2D eigenvalue weighted by atomic mass is 16.4. The highest BCUT2D eigenvalue weighted by molar-refractivity contribution is 5.96. The molecule has 3 rings (SSSR count). The van der Waals surface area contributed by atoms with Gasteiger partial charge in [0, 0.05) is 17.4 Å². The molecule has 0 bridgehead atoms. The maximum Gasteiger partial charge on any atom is 0.305 e. The molecule has 2 aliphatic rings. The molecule has 2 fully saturated rings. The Balaban J connectivity index is 1.79. The van der Waals surface area contributed by atoms with Gasteiger partial charge in [-0.05, 0) is 52.0 Å². The summed E-state index contributed by atoms with van der Waals surface area (Å²) in [7, 11) is 0. The number of carbonyl (C=O) groups excluding carboxylic acids is 1. The van der Waals surface area contributed by atoms with E-state index in [1.165, 1.54) is 32.1 Å². The molecule has 1 heterocycles. The van der Waals surface area contributed by atoms with Crippen molar-refractivity contribution in [3.63, 3.8) is 0 Å². The van der Waals surface area contributed by atoms with E-state index in [9.17, 15) is 9.59 Å². The Labute approximate surface area is 143 Å². The van der Waals surface area contributed by atoms with Crippen LogP contribution in [0.25, 0.3) is 0 Å². The van der Waals surface area contributed by atoms with Gasteiger partial charge in [-0.2, -0.15) is 0 Å². The number of nitrogens with one attached hydrogen (secondary N) is 1. The van der Waals surface area contributed by atoms with E-state index in [0.717, 1.165) is 30.7 Å². The van der Waals surface area contributed by atoms with Crippen LogP contribution < -0.4 is 5.32 Å². The van der Waals surface area contributed by atoms with Gasteiger partial charge < -0.3 is 15.0 Å². The van der Waals surface area contributed by atoms with Gasteiger partial charge in [-0.1, -0.05) is 19.3 Å². The number of aryl methyl sites for hydroxylation is 1. The fraction of sp³-hybridized carbons (Fsp3) is 0.684. The molecule has 0 unspecified atom stereocenters. The Kier molecular flexibility index (Phi) is 4.70. The summed E-state index contributed by atoms with van der Waals surface area (Å²) in [5.41, 5.74) is 2.30. The fourth-order valence-electron chi connectivity index (χ4n) is 4.46. The number of amides is 1. The molecule has 0 spiro atoms. The van der Waals surface area contributed by atoms with Gasteiger partial charge in [0.15, 0.2) is 0 Å². The predicted octanol–water partition coefficient (Wildman–Crippen LogP) is 3.74. The SMILES string of the molecule is Cc1cc(C(=O)NC2(CC(=O)O)CCC2)c(C)n1C1CCCCC1. The Bertz CT molecular complexity index is 637. The second kappa shape index (κ2) is 6.61. The molecule has 2 N–H and O–H groups in total. The number of carboxylic acids is 1. The van der Waals surface area contributed by atoms with Crippen LogP contribution >= 0.6 is 0 Å². The van der Waals surface area contributed by atoms with Crippen LogP contribution in [0.3, 0.4) is 0 Å². The molecular weight excluding hydrogens is 304 g/mol. The molecule has 5 nitrogen and oxygen atoms in total. The smallest absolute Gasteiger partial charge is 0.305 e. The lowest BCUT2D eigenvalue weighted by atomic mass is 9.74. The van der Waals surface area contributed by atoms with Gasteiger partial charge in [0.05, 0.1) is 17.5 Å². The van der Waals surface area contributed by atoms with E-state index in [1.807, 2.05) is 13.0 Å². The third-order valence-corrected chi connectivity index (χ3v) is 5.85. The molecule has 0 saturated heterocycles. The summed E-state index contributed by atoms with van der Waals surface area (Å²) in [6.07, 6.45) is 8.69. The van der Waals surface area contributed by atoms with Crippen LogP contribution in [0.5, 0.6) is 0 Å². The zero-order valence-corrected chi connectivity index (χ0v) is 14.7. The van der Waals surface area contributed by atoms with Crippen LogP contribution in [-0.2, 0) is 4.79 Å². The number of rotatable bonds is 5. The zero-order valence-electron chi connectivity index (χ0n) is 14.7. The number of carboxylic acid groups (broad SMARTS) is 1. The molecule has 0 aromatic carbocycles. The summed E-state index contributed by atoms with van der Waals surface area (Å²) in [5, 5.41) is 12.1. The van der Waals surface area contributed by atoms with Crippen molar-refractivity contribution in [3.8, 4) is 0 Å². The number of aliphatic carboxylic acids is 1. The normalized spacial score (nSPS) is 20.4. The van der Waals surface area contributed by atoms with E-state index in [0.29, 0.717) is 11.6 Å². The van der Waals surface area contributed by atoms with E-state index >= 15 is 0 Å². The Morgan fingerprint density at radius 1 is 1.21 bits per heavy atom. The second-order valence-electron chi connectivity index (χ2n) is 7.61. The summed E-state index contributed by atoms with van der Waals surface area (Å²) in [6.45, 7) is 4.08. The van der Waals surface area contributed by atoms with Crippen LogP contribution in [0.1, 0.15) is 85.6 Å². The lowest BCUT2D eigenvalue weighted by molar-refractivity contribution is -0.139. The molecule has 5 heteroatoms. The summed E-state index contributed by atoms with van der Waals surface area (Å²) >= 11 is 0. The average molecular weight is 332 g/mol. The van der Waals surface area contributed by atoms with Gasteiger partial charge in [0.1, 0.15) is 0 Å². The zero-order chi connectivity index (χ0) is 17.3. The summed E-state index contributed by atoms with van der Waals surface area (Å²) < 4.78 is 2.32. The second-order valence-corrected chi connectivity index (χ2v) is 7.61. The molecule has 0 radical (unpaired) electrons. The average Bonchev–Trinajstić information content (AvgIpc) is 2.80. The summed E-state index contributed by atoms with van der Waals surface area (Å²) in [5.74, 6) is -0.964. The van der Waals surface area contributed by atoms with Crippen LogP contribution in [0.2, 0.25) is 0 Å². The minimum Gasteiger partial charge on any atom is -0.481 e. The number of hydrogen-bond acceptors (Lipinski definition) is 2. The molecule has 1 aromatic rings. The maximum absolute atomic E-state index is 12.8. The highest BCUT2D eigenvalue weighted by Gasteiger charge is 2.41. The molecule has 132 valence electrons. The number of nitrogens with zero attached hydrogens (tertiary/aromatic N) is 1. The van der Waals surface area contributed by atoms with Crippen molar-refractivity contribution >= 4 is 11.9 Å². The minimum absolute atomic E-state index is 0.0140. The number of carbonyl (C=O) groups is 2. The van der Waals surface area contributed by atoms with E-state index in [-0.39, 0.29) is 12.3 Å². The first kappa shape index (κ1) is 17.1. The highest BCUT2D eigenvalue weighted by Crippen LogP contribution is 2.36. The summed E-state index contributed by atoms with van der Waals surface area (Å²) in [4.78, 5) is 23.9. The third-order valence-electron chi connectivity index (χ3n) is 5.85. The van der Waals surface area contributed by atoms with Crippen molar-refractivity contribution in [1.29, 1.82) is 0 Å². The molecule has 24 heavy (non-hydrogen) atoms. The molecule has 1 amide bonds. The van der Waals surface area contributed by atoms with Crippen LogP contribution in [0.15, 0.2) is 6.07 Å². The molecule has 1 aromatic heterocycles. The van der Waals surface area contributed by atoms with Gasteiger partial charge >= 0.3 is 5.97 Å². The lowest BCUT2D eigenvalue weighted by Crippen LogP contribution is -2.54. The Morgan fingerprint density at radius 3 is 2.42 bits per heavy atom. The standard InChI is InChI=1S/C19H28N2O3/c1-13-11-16(14(2)21(13)15-7-4-3-5-8-15)18(24)20-19(9-6-10-19)12-17(22)23/h11,15H,3-10,12H2,1-2H3,(H,20,24)(H,22,23). The van der Waals surface area contributed by atoms with Crippen LogP contribution in [-0.4, -0.2) is 27.1 Å². The van der Waals surface area contributed by atoms with E-state index < -0.39 is 11.5 Å². The van der Waals surface area contributed by atoms with Gasteiger partial charge in [0.25, 0.3) is 5.91 Å². The molecular formula is C19H28N2O3. The van der Waals surface area contributed by atoms with Crippen molar-refractivity contribution in [2.45, 2.75) is 83.2 Å². The Hall–Kier alpha value is -1.78. The van der Waals surface area contributed by atoms with Crippen molar-refractivity contribution in [1.82, 2.24) is 9.88 Å². The van der Waals surface area contributed by atoms with Crippen molar-refractivity contribution in [3.05, 3.63) is 23.0 Å². The minimum atomic E-state index is -0.845. The topological polar surface area (TPSA) is 71.3 Å². The van der Waals surface area contributed by atoms with Crippen molar-refractivity contribution in [2.75, 3.05) is 0 Å². The quantitative estimate of drug-likeness (QED) is 0.863. The van der Waals surface area contributed by atoms with Crippen molar-refractivity contribution < 1.29 is 14.7 Å². The van der Waals surface area contributed by atoms with Gasteiger partial charge in [-0.3, -0.25) is 9.59 Å². The molecule has 2 saturated carbocycles. The first-order valence-electron chi connectivity index (χ1n) is 9.15. The third kappa shape index (κ3) is 3.21. The maximum atomic E-state index is 12.8. The molecule has 2 aliphatic carbocycles. The van der Waals surface area contributed by atoms with E-state index in [4.69, 9.17) is 5.11 Å². The Morgan fingerprint density at radius 2 is 1.88 bits per heavy atom. The largest absolute Gasteiger partial charge is 0.481 e. The monoisotopic (exact) mass is 332 g/mol. The van der Waals surface area contributed by atoms with E-state index in [1.54, 1.807) is 0 Å². The van der Waals surface area contributed by atoms with E-state index in [2.05, 4.69) is 16.8 Å². The van der Waals surface area contributed by atoms with Gasteiger partial charge in [-0.15, -0.1) is 0 Å². The number of aromatic nitrogens is 1. The first-order chi connectivity index (χ1) is 11.4. The van der Waals surface area contributed by atoms with Crippen molar-refractivity contribution in [2.24, 2.45) is 0 Å². The van der Waals surface area contributed by atoms with Gasteiger partial charge in [-0.25, -0.2) is 0 Å². The van der Waals surface area contributed by atoms with Crippen LogP contribution in [0.4, 0.5) is 0 Å². The van der Waals surface area contributed by atoms with Crippen LogP contribution in [0, 0.1) is 13.8 Å². The lowest BCUT2D eigenvalue weighted by Gasteiger charge is -2.41.